The second kappa shape index (κ2) is 6.83. The molecule has 0 bridgehead atoms. The number of phenolic OH excluding ortho intramolecular Hbond substituents is 2. The number of hydrogen-bond donors (Lipinski definition) is 2. The van der Waals surface area contributed by atoms with E-state index in [1.807, 2.05) is 39.8 Å². The number of hydrogen-bond acceptors (Lipinski definition) is 6. The summed E-state index contributed by atoms with van der Waals surface area (Å²) < 4.78 is 17.3. The first-order valence-electron chi connectivity index (χ1n) is 9.70. The van der Waals surface area contributed by atoms with Gasteiger partial charge in [-0.3, -0.25) is 4.79 Å². The number of rotatable bonds is 3. The molecular weight excluding hydrogens is 384 g/mol. The maximum absolute atomic E-state index is 13.4. The number of fused-ring (bicyclic) bond motifs is 3. The molecule has 2 heterocycles. The second-order valence-electron chi connectivity index (χ2n) is 8.25. The fraction of sp³-hybridized carbons (Fsp3) is 0.292. The Hall–Kier alpha value is -3.41. The average molecular weight is 408 g/mol. The molecule has 0 atom stereocenters. The lowest BCUT2D eigenvalue weighted by molar-refractivity contribution is 0.158. The Morgan fingerprint density at radius 3 is 2.60 bits per heavy atom. The van der Waals surface area contributed by atoms with Gasteiger partial charge in [0.25, 0.3) is 0 Å². The van der Waals surface area contributed by atoms with Crippen LogP contribution in [0.3, 0.4) is 0 Å². The van der Waals surface area contributed by atoms with Crippen LogP contribution in [-0.4, -0.2) is 22.9 Å². The Labute approximate surface area is 173 Å². The van der Waals surface area contributed by atoms with Crippen molar-refractivity contribution in [3.8, 4) is 23.0 Å². The van der Waals surface area contributed by atoms with Crippen molar-refractivity contribution in [2.75, 3.05) is 7.11 Å². The van der Waals surface area contributed by atoms with E-state index in [0.717, 1.165) is 5.57 Å². The summed E-state index contributed by atoms with van der Waals surface area (Å²) >= 11 is 0. The van der Waals surface area contributed by atoms with Gasteiger partial charge in [-0.2, -0.15) is 0 Å². The molecule has 0 saturated carbocycles. The molecule has 2 N–H and O–H groups in total. The Balaban J connectivity index is 2.11. The van der Waals surface area contributed by atoms with Crippen LogP contribution in [-0.2, 0) is 6.42 Å². The molecule has 0 aliphatic carbocycles. The van der Waals surface area contributed by atoms with Crippen molar-refractivity contribution in [1.29, 1.82) is 0 Å². The first kappa shape index (κ1) is 19.9. The molecule has 1 aliphatic rings. The van der Waals surface area contributed by atoms with Crippen molar-refractivity contribution in [2.45, 2.75) is 39.7 Å². The van der Waals surface area contributed by atoms with E-state index in [-0.39, 0.29) is 39.2 Å². The zero-order chi connectivity index (χ0) is 21.8. The van der Waals surface area contributed by atoms with Crippen LogP contribution in [0.2, 0.25) is 0 Å². The number of methoxy groups -OCH3 is 1. The molecule has 156 valence electrons. The van der Waals surface area contributed by atoms with Gasteiger partial charge in [0.15, 0.2) is 11.5 Å². The van der Waals surface area contributed by atoms with Crippen LogP contribution in [0.4, 0.5) is 0 Å². The molecule has 0 unspecified atom stereocenters. The highest BCUT2D eigenvalue weighted by molar-refractivity contribution is 5.98. The van der Waals surface area contributed by atoms with Gasteiger partial charge < -0.3 is 24.1 Å². The molecular formula is C24H24O6. The van der Waals surface area contributed by atoms with Crippen LogP contribution < -0.4 is 14.9 Å². The van der Waals surface area contributed by atoms with E-state index in [0.29, 0.717) is 23.3 Å². The lowest BCUT2D eigenvalue weighted by Crippen LogP contribution is -2.27. The van der Waals surface area contributed by atoms with Gasteiger partial charge in [-0.1, -0.05) is 11.6 Å². The molecule has 1 aliphatic heterocycles. The minimum absolute atomic E-state index is 0.0649. The zero-order valence-electron chi connectivity index (χ0n) is 17.6. The second-order valence-corrected chi connectivity index (χ2v) is 8.25. The maximum atomic E-state index is 13.4. The van der Waals surface area contributed by atoms with Crippen molar-refractivity contribution < 1.29 is 24.1 Å². The Kier molecular flexibility index (Phi) is 4.53. The van der Waals surface area contributed by atoms with Crippen LogP contribution in [0.15, 0.2) is 39.1 Å². The fourth-order valence-corrected chi connectivity index (χ4v) is 3.65. The first-order valence-corrected chi connectivity index (χ1v) is 9.70. The van der Waals surface area contributed by atoms with Crippen LogP contribution >= 0.6 is 0 Å². The van der Waals surface area contributed by atoms with E-state index < -0.39 is 11.0 Å². The number of benzene rings is 2. The molecule has 0 amide bonds. The van der Waals surface area contributed by atoms with Crippen LogP contribution in [0.1, 0.15) is 38.8 Å². The van der Waals surface area contributed by atoms with Gasteiger partial charge in [0.1, 0.15) is 33.7 Å². The normalized spacial score (nSPS) is 14.4. The zero-order valence-corrected chi connectivity index (χ0v) is 17.6. The van der Waals surface area contributed by atoms with Gasteiger partial charge in [0, 0.05) is 11.6 Å². The maximum Gasteiger partial charge on any atom is 0.204 e. The predicted molar refractivity (Wildman–Crippen MR) is 117 cm³/mol. The molecule has 0 fully saturated rings. The number of allylic oxidation sites excluding steroid dienone is 2. The summed E-state index contributed by atoms with van der Waals surface area (Å²) in [5.74, 6) is 0.336. The quantitative estimate of drug-likeness (QED) is 0.465. The summed E-state index contributed by atoms with van der Waals surface area (Å²) in [6.07, 6.45) is 5.86. The Morgan fingerprint density at radius 1 is 1.20 bits per heavy atom. The minimum atomic E-state index is -0.551. The minimum Gasteiger partial charge on any atom is -0.506 e. The smallest absolute Gasteiger partial charge is 0.204 e. The van der Waals surface area contributed by atoms with Gasteiger partial charge in [-0.25, -0.2) is 0 Å². The van der Waals surface area contributed by atoms with Crippen LogP contribution in [0, 0.1) is 0 Å². The summed E-state index contributed by atoms with van der Waals surface area (Å²) in [5, 5.41) is 21.8. The lowest BCUT2D eigenvalue weighted by Gasteiger charge is -2.28. The van der Waals surface area contributed by atoms with Gasteiger partial charge in [-0.05, 0) is 52.3 Å². The summed E-state index contributed by atoms with van der Waals surface area (Å²) in [4.78, 5) is 13.4. The van der Waals surface area contributed by atoms with Gasteiger partial charge in [0.05, 0.1) is 18.1 Å². The monoisotopic (exact) mass is 408 g/mol. The van der Waals surface area contributed by atoms with Crippen molar-refractivity contribution in [1.82, 2.24) is 0 Å². The van der Waals surface area contributed by atoms with E-state index >= 15 is 0 Å². The average Bonchev–Trinajstić information content (AvgIpc) is 2.66. The molecule has 3 aromatic rings. The third kappa shape index (κ3) is 3.09. The van der Waals surface area contributed by atoms with Gasteiger partial charge >= 0.3 is 0 Å². The third-order valence-corrected chi connectivity index (χ3v) is 5.22. The molecule has 0 spiro atoms. The molecule has 4 rings (SSSR count). The molecule has 2 aromatic carbocycles. The van der Waals surface area contributed by atoms with Crippen molar-refractivity contribution in [3.05, 3.63) is 51.2 Å². The van der Waals surface area contributed by atoms with Gasteiger partial charge in [-0.15, -0.1) is 0 Å². The number of ether oxygens (including phenoxy) is 2. The Morgan fingerprint density at radius 2 is 1.93 bits per heavy atom. The van der Waals surface area contributed by atoms with Gasteiger partial charge in [0.2, 0.25) is 5.43 Å². The van der Waals surface area contributed by atoms with E-state index in [1.54, 1.807) is 12.1 Å². The lowest BCUT2D eigenvalue weighted by atomic mass is 9.98. The first-order chi connectivity index (χ1) is 14.1. The van der Waals surface area contributed by atoms with Crippen molar-refractivity contribution >= 4 is 28.0 Å². The highest BCUT2D eigenvalue weighted by atomic mass is 16.5. The summed E-state index contributed by atoms with van der Waals surface area (Å²) in [6, 6.07) is 3.05. The molecule has 6 nitrogen and oxygen atoms in total. The predicted octanol–water partition coefficient (Wildman–Crippen LogP) is 5.06. The summed E-state index contributed by atoms with van der Waals surface area (Å²) in [6.45, 7) is 7.68. The standard InChI is InChI=1S/C24H24O6/c1-12(2)6-7-14-20(25)18(28-5)10-15-22(27)19-17(29-23(14)15)11-16-13(21(19)26)8-9-24(3,4)30-16/h6,8-11,25-26H,7H2,1-5H3. The fourth-order valence-electron chi connectivity index (χ4n) is 3.65. The molecule has 6 heteroatoms. The molecule has 30 heavy (non-hydrogen) atoms. The highest BCUT2D eigenvalue weighted by Gasteiger charge is 2.27. The number of aromatic hydroxyl groups is 2. The SMILES string of the molecule is COc1cc2c(=O)c3c(O)c4c(cc3oc2c(CC=C(C)C)c1O)OC(C)(C)C=C4. The van der Waals surface area contributed by atoms with E-state index in [9.17, 15) is 15.0 Å². The highest BCUT2D eigenvalue weighted by Crippen LogP contribution is 2.43. The number of phenols is 2. The van der Waals surface area contributed by atoms with Crippen LogP contribution in [0.5, 0.6) is 23.0 Å². The van der Waals surface area contributed by atoms with Crippen molar-refractivity contribution in [2.24, 2.45) is 0 Å². The topological polar surface area (TPSA) is 89.1 Å². The van der Waals surface area contributed by atoms with Crippen molar-refractivity contribution in [3.63, 3.8) is 0 Å². The molecule has 0 radical (unpaired) electrons. The largest absolute Gasteiger partial charge is 0.506 e. The summed E-state index contributed by atoms with van der Waals surface area (Å²) in [7, 11) is 1.42. The van der Waals surface area contributed by atoms with E-state index in [1.165, 1.54) is 13.2 Å². The Bertz CT molecular complexity index is 1300. The molecule has 0 saturated heterocycles. The van der Waals surface area contributed by atoms with Crippen LogP contribution in [0.25, 0.3) is 28.0 Å². The van der Waals surface area contributed by atoms with E-state index in [2.05, 4.69) is 0 Å². The third-order valence-electron chi connectivity index (χ3n) is 5.22. The summed E-state index contributed by atoms with van der Waals surface area (Å²) in [5.41, 5.74) is 1.44. The van der Waals surface area contributed by atoms with E-state index in [4.69, 9.17) is 13.9 Å². The molecule has 1 aromatic heterocycles.